The van der Waals surface area contributed by atoms with Gasteiger partial charge in [0.2, 0.25) is 10.0 Å². The highest BCUT2D eigenvalue weighted by atomic mass is 32.2. The molecule has 0 bridgehead atoms. The van der Waals surface area contributed by atoms with E-state index in [4.69, 9.17) is 0 Å². The molecule has 2 aromatic rings. The van der Waals surface area contributed by atoms with Crippen molar-refractivity contribution in [2.45, 2.75) is 24.4 Å². The van der Waals surface area contributed by atoms with E-state index in [0.29, 0.717) is 12.6 Å². The van der Waals surface area contributed by atoms with Crippen LogP contribution in [0.1, 0.15) is 18.7 Å². The first-order valence-corrected chi connectivity index (χ1v) is 7.97. The molecule has 7 heteroatoms. The molecule has 0 N–H and O–H groups in total. The van der Waals surface area contributed by atoms with E-state index in [-0.39, 0.29) is 6.54 Å². The number of hydrogen-bond acceptors (Lipinski definition) is 2. The summed E-state index contributed by atoms with van der Waals surface area (Å²) in [4.78, 5) is -0.490. The van der Waals surface area contributed by atoms with Gasteiger partial charge in [-0.2, -0.15) is 4.31 Å². The van der Waals surface area contributed by atoms with Crippen LogP contribution in [0.4, 0.5) is 8.78 Å². The third-order valence-electron chi connectivity index (χ3n) is 3.77. The summed E-state index contributed by atoms with van der Waals surface area (Å²) in [7, 11) is -4.00. The van der Waals surface area contributed by atoms with Crippen molar-refractivity contribution in [2.75, 3.05) is 6.54 Å². The first-order valence-electron chi connectivity index (χ1n) is 6.53. The van der Waals surface area contributed by atoms with Crippen molar-refractivity contribution in [1.82, 2.24) is 8.87 Å². The van der Waals surface area contributed by atoms with Crippen LogP contribution in [0.25, 0.3) is 0 Å². The monoisotopic (exact) mass is 312 g/mol. The molecular weight excluding hydrogens is 298 g/mol. The fraction of sp³-hybridized carbons (Fsp3) is 0.286. The fourth-order valence-electron chi connectivity index (χ4n) is 2.70. The molecule has 1 aromatic carbocycles. The zero-order chi connectivity index (χ0) is 15.2. The van der Waals surface area contributed by atoms with E-state index in [1.54, 1.807) is 6.92 Å². The van der Waals surface area contributed by atoms with Gasteiger partial charge in [-0.1, -0.05) is 0 Å². The van der Waals surface area contributed by atoms with Gasteiger partial charge in [-0.25, -0.2) is 17.2 Å². The van der Waals surface area contributed by atoms with Crippen LogP contribution in [0.5, 0.6) is 0 Å². The summed E-state index contributed by atoms with van der Waals surface area (Å²) < 4.78 is 55.2. The van der Waals surface area contributed by atoms with E-state index in [1.165, 1.54) is 4.31 Å². The van der Waals surface area contributed by atoms with E-state index >= 15 is 0 Å². The Morgan fingerprint density at radius 1 is 1.19 bits per heavy atom. The lowest BCUT2D eigenvalue weighted by Gasteiger charge is -2.33. The first-order chi connectivity index (χ1) is 9.91. The number of benzene rings is 1. The molecule has 0 radical (unpaired) electrons. The number of rotatable bonds is 2. The topological polar surface area (TPSA) is 42.3 Å². The minimum absolute atomic E-state index is 0.252. The summed E-state index contributed by atoms with van der Waals surface area (Å²) >= 11 is 0. The van der Waals surface area contributed by atoms with E-state index in [9.17, 15) is 17.2 Å². The Balaban J connectivity index is 2.03. The van der Waals surface area contributed by atoms with Gasteiger partial charge >= 0.3 is 0 Å². The maximum atomic E-state index is 13.8. The Morgan fingerprint density at radius 2 is 1.95 bits per heavy atom. The molecule has 0 aliphatic carbocycles. The molecule has 0 unspecified atom stereocenters. The fourth-order valence-corrected chi connectivity index (χ4v) is 4.34. The molecule has 0 amide bonds. The molecule has 4 nitrogen and oxygen atoms in total. The zero-order valence-corrected chi connectivity index (χ0v) is 12.1. The van der Waals surface area contributed by atoms with Crippen LogP contribution >= 0.6 is 0 Å². The summed E-state index contributed by atoms with van der Waals surface area (Å²) in [6.45, 7) is 2.51. The number of nitrogens with zero attached hydrogens (tertiary/aromatic N) is 2. The predicted molar refractivity (Wildman–Crippen MR) is 73.1 cm³/mol. The summed E-state index contributed by atoms with van der Waals surface area (Å²) in [6, 6.07) is 5.80. The van der Waals surface area contributed by atoms with Crippen LogP contribution in [0, 0.1) is 11.6 Å². The Kier molecular flexibility index (Phi) is 3.33. The predicted octanol–water partition coefficient (Wildman–Crippen LogP) is 2.53. The van der Waals surface area contributed by atoms with Gasteiger partial charge in [-0.3, -0.25) is 0 Å². The van der Waals surface area contributed by atoms with Crippen LogP contribution in [-0.4, -0.2) is 23.8 Å². The molecule has 3 rings (SSSR count). The Hall–Kier alpha value is -1.73. The van der Waals surface area contributed by atoms with Crippen LogP contribution < -0.4 is 0 Å². The SMILES string of the molecule is C[C@@H]1c2cccn2CCN1S(=O)(=O)c1ccc(F)cc1F. The van der Waals surface area contributed by atoms with Gasteiger partial charge in [0.05, 0.1) is 6.04 Å². The van der Waals surface area contributed by atoms with Crippen molar-refractivity contribution >= 4 is 10.0 Å². The number of aromatic nitrogens is 1. The molecule has 1 aliphatic heterocycles. The van der Waals surface area contributed by atoms with Crippen LogP contribution in [0.2, 0.25) is 0 Å². The second-order valence-corrected chi connectivity index (χ2v) is 6.85. The molecular formula is C14H14F2N2O2S. The maximum Gasteiger partial charge on any atom is 0.246 e. The minimum atomic E-state index is -4.00. The highest BCUT2D eigenvalue weighted by Gasteiger charge is 2.35. The number of hydrogen-bond donors (Lipinski definition) is 0. The Labute approximate surface area is 121 Å². The van der Waals surface area contributed by atoms with E-state index in [1.807, 2.05) is 22.9 Å². The quantitative estimate of drug-likeness (QED) is 0.855. The molecule has 1 aliphatic rings. The molecule has 112 valence electrons. The van der Waals surface area contributed by atoms with Gasteiger partial charge in [0, 0.05) is 31.0 Å². The van der Waals surface area contributed by atoms with Crippen molar-refractivity contribution < 1.29 is 17.2 Å². The largest absolute Gasteiger partial charge is 0.349 e. The molecule has 2 heterocycles. The van der Waals surface area contributed by atoms with Crippen molar-refractivity contribution in [3.8, 4) is 0 Å². The van der Waals surface area contributed by atoms with Crippen molar-refractivity contribution in [3.63, 3.8) is 0 Å². The molecule has 21 heavy (non-hydrogen) atoms. The smallest absolute Gasteiger partial charge is 0.246 e. The lowest BCUT2D eigenvalue weighted by molar-refractivity contribution is 0.281. The lowest BCUT2D eigenvalue weighted by atomic mass is 10.2. The van der Waals surface area contributed by atoms with Crippen LogP contribution in [0.15, 0.2) is 41.4 Å². The standard InChI is InChI=1S/C14H14F2N2O2S/c1-10-13-3-2-6-17(13)7-8-18(10)21(19,20)14-5-4-11(15)9-12(14)16/h2-6,9-10H,7-8H2,1H3/t10-/m1/s1. The normalized spacial score (nSPS) is 19.5. The molecule has 0 saturated carbocycles. The van der Waals surface area contributed by atoms with E-state index < -0.39 is 32.6 Å². The maximum absolute atomic E-state index is 13.8. The van der Waals surface area contributed by atoms with Crippen LogP contribution in [-0.2, 0) is 16.6 Å². The summed E-state index contributed by atoms with van der Waals surface area (Å²) in [6.07, 6.45) is 1.88. The molecule has 0 spiro atoms. The number of sulfonamides is 1. The molecule has 1 atom stereocenters. The third-order valence-corrected chi connectivity index (χ3v) is 5.77. The highest BCUT2D eigenvalue weighted by molar-refractivity contribution is 7.89. The van der Waals surface area contributed by atoms with Gasteiger partial charge in [-0.15, -0.1) is 0 Å². The summed E-state index contributed by atoms with van der Waals surface area (Å²) in [5, 5.41) is 0. The van der Waals surface area contributed by atoms with Gasteiger partial charge in [-0.05, 0) is 31.2 Å². The summed E-state index contributed by atoms with van der Waals surface area (Å²) in [5.74, 6) is -1.87. The first kappa shape index (κ1) is 14.2. The minimum Gasteiger partial charge on any atom is -0.349 e. The van der Waals surface area contributed by atoms with Gasteiger partial charge < -0.3 is 4.57 Å². The second kappa shape index (κ2) is 4.92. The molecule has 1 aromatic heterocycles. The average molecular weight is 312 g/mol. The Morgan fingerprint density at radius 3 is 2.67 bits per heavy atom. The third kappa shape index (κ3) is 2.26. The molecule has 0 saturated heterocycles. The highest BCUT2D eigenvalue weighted by Crippen LogP contribution is 2.31. The average Bonchev–Trinajstić information content (AvgIpc) is 2.87. The second-order valence-electron chi connectivity index (χ2n) is 4.99. The number of halogens is 2. The zero-order valence-electron chi connectivity index (χ0n) is 11.3. The van der Waals surface area contributed by atoms with Crippen molar-refractivity contribution in [2.24, 2.45) is 0 Å². The lowest BCUT2D eigenvalue weighted by Crippen LogP contribution is -2.40. The van der Waals surface area contributed by atoms with Gasteiger partial charge in [0.25, 0.3) is 0 Å². The molecule has 0 fully saturated rings. The number of fused-ring (bicyclic) bond motifs is 1. The summed E-state index contributed by atoms with van der Waals surface area (Å²) in [5.41, 5.74) is 0.854. The van der Waals surface area contributed by atoms with Gasteiger partial charge in [0.1, 0.15) is 16.5 Å². The van der Waals surface area contributed by atoms with Crippen molar-refractivity contribution in [3.05, 3.63) is 53.9 Å². The van der Waals surface area contributed by atoms with Crippen molar-refractivity contribution in [1.29, 1.82) is 0 Å². The Bertz CT molecular complexity index is 786. The van der Waals surface area contributed by atoms with Gasteiger partial charge in [0.15, 0.2) is 0 Å². The van der Waals surface area contributed by atoms with E-state index in [2.05, 4.69) is 0 Å². The van der Waals surface area contributed by atoms with Crippen LogP contribution in [0.3, 0.4) is 0 Å². The van der Waals surface area contributed by atoms with E-state index in [0.717, 1.165) is 17.8 Å².